The number of amides is 7. The fourth-order valence-electron chi connectivity index (χ4n) is 16.2. The summed E-state index contributed by atoms with van der Waals surface area (Å²) in [6.07, 6.45) is 12.3. The van der Waals surface area contributed by atoms with Crippen LogP contribution in [0.4, 0.5) is 33.1 Å². The predicted octanol–water partition coefficient (Wildman–Crippen LogP) is 8.24. The molecule has 25 nitrogen and oxygen atoms in total. The number of aromatic carboxylic acids is 1. The highest BCUT2D eigenvalue weighted by Crippen LogP contribution is 2.72. The molecule has 6 heterocycles. The third-order valence-corrected chi connectivity index (χ3v) is 20.4. The number of quaternary nitrogens is 1. The van der Waals surface area contributed by atoms with Gasteiger partial charge in [0.2, 0.25) is 17.7 Å². The highest BCUT2D eigenvalue weighted by atomic mass is 32.1. The van der Waals surface area contributed by atoms with Gasteiger partial charge < -0.3 is 56.3 Å². The summed E-state index contributed by atoms with van der Waals surface area (Å²) in [5, 5.41) is 40.2. The van der Waals surface area contributed by atoms with Crippen LogP contribution in [0.15, 0.2) is 79.0 Å². The van der Waals surface area contributed by atoms with Gasteiger partial charge in [0.1, 0.15) is 31.0 Å². The number of thiazole rings is 1. The number of nitrogens with one attached hydrogen (secondary N) is 5. The Bertz CT molecular complexity index is 3890. The molecule has 0 spiro atoms. The van der Waals surface area contributed by atoms with Crippen LogP contribution in [0, 0.1) is 36.0 Å². The number of likely N-dealkylation sites (N-methyl/N-ethyl adjacent to an activating group) is 1. The molecular weight excluding hydrogens is 1230 g/mol. The molecule has 0 saturated heterocycles. The van der Waals surface area contributed by atoms with Crippen molar-refractivity contribution in [1.29, 1.82) is 0 Å². The molecule has 4 fully saturated rings. The second-order valence-corrected chi connectivity index (χ2v) is 29.6. The van der Waals surface area contributed by atoms with Crippen LogP contribution in [0.3, 0.4) is 0 Å². The Kier molecular flexibility index (Phi) is 19.6. The van der Waals surface area contributed by atoms with E-state index in [0.29, 0.717) is 65.8 Å². The maximum atomic E-state index is 13.9. The molecule has 4 aromatic heterocycles. The molecule has 2 aliphatic heterocycles. The normalized spacial score (nSPS) is 21.9. The van der Waals surface area contributed by atoms with Crippen molar-refractivity contribution in [1.82, 2.24) is 50.8 Å². The van der Waals surface area contributed by atoms with E-state index >= 15 is 0 Å². The lowest BCUT2D eigenvalue weighted by Gasteiger charge is -2.69. The standard InChI is InChI=1S/C69H87N15O10S/c1-42(2)57(77-54(85)25-30-93-31-28-82-55(86)23-24-56(82)87)62(89)74-51(15-11-26-71-64(70)92)61(88)73-46-19-17-45(18-20-46)34-84(7,8)29-32-94-69-38-66(5)35-67(6,39-69)37-68(36-66,40-69)41-83-44(4)49(33-72-83)48-21-22-53(76-58(48)63(90)91)81-27-12-13-47-43(3)59(79-80-60(47)81)78-65-75-50-14-9-10-16-52(50)95-65/h9-10,14,16-24,33,42,51,57H,11-13,15,25-32,34-41H2,1-8H3,(H7-,70,71,73,74,75,77,78,79,85,88,89,90,91,92)/p+1/t51-,57-,66-,67+,68?,69?/m0/s1. The number of imide groups is 1. The van der Waals surface area contributed by atoms with Crippen LogP contribution in [-0.4, -0.2) is 164 Å². The number of carbonyl (C=O) groups is 7. The van der Waals surface area contributed by atoms with Crippen molar-refractivity contribution < 1.29 is 52.6 Å². The van der Waals surface area contributed by atoms with Crippen molar-refractivity contribution in [3.05, 3.63) is 107 Å². The molecular formula is C69H88N15O10S+. The third kappa shape index (κ3) is 15.5. The summed E-state index contributed by atoms with van der Waals surface area (Å²) in [5.74, 6) is -2.03. The number of benzene rings is 2. The first-order chi connectivity index (χ1) is 45.2. The molecule has 12 rings (SSSR count). The summed E-state index contributed by atoms with van der Waals surface area (Å²) in [6, 6.07) is 16.6. The Hall–Kier alpha value is -8.72. The minimum absolute atomic E-state index is 0.0103. The van der Waals surface area contributed by atoms with Gasteiger partial charge in [0.25, 0.3) is 11.8 Å². The smallest absolute Gasteiger partial charge is 0.355 e. The van der Waals surface area contributed by atoms with E-state index in [0.717, 1.165) is 106 Å². The highest BCUT2D eigenvalue weighted by molar-refractivity contribution is 7.22. The number of carboxylic acid groups (broad SMARTS) is 1. The number of fused-ring (bicyclic) bond motifs is 2. The van der Waals surface area contributed by atoms with E-state index < -0.39 is 53.6 Å². The molecule has 6 atom stereocenters. The SMILES string of the molecule is Cc1c(Nc2nc3ccccc3s2)nnc2c1CCCN2c1ccc(-c2cnn(CC34CC5(OCC[N+](C)(C)Cc6ccc(NC(=O)[C@H](CCCNC(N)=O)NC(=O)[C@@H](NC(=O)CCOCCN7C(=O)C=CC7=O)C(C)C)cc6)C[C@](C)(C3)C[C@](C)(C4)C5)c2C)c(C(=O)O)n1. The van der Waals surface area contributed by atoms with Crippen LogP contribution >= 0.6 is 11.3 Å². The Morgan fingerprint density at radius 1 is 0.842 bits per heavy atom. The van der Waals surface area contributed by atoms with Gasteiger partial charge in [0.05, 0.1) is 62.5 Å². The number of carboxylic acids is 1. The zero-order valence-corrected chi connectivity index (χ0v) is 56.3. The number of carbonyl (C=O) groups excluding carboxylic acids is 6. The van der Waals surface area contributed by atoms with Gasteiger partial charge >= 0.3 is 12.0 Å². The number of nitrogens with zero attached hydrogens (tertiary/aromatic N) is 9. The lowest BCUT2D eigenvalue weighted by molar-refractivity contribution is -0.904. The summed E-state index contributed by atoms with van der Waals surface area (Å²) in [5.41, 5.74) is 11.6. The number of nitrogens with two attached hydrogens (primary N) is 1. The zero-order chi connectivity index (χ0) is 67.6. The van der Waals surface area contributed by atoms with Crippen LogP contribution in [0.25, 0.3) is 21.3 Å². The number of pyridine rings is 1. The molecule has 4 saturated carbocycles. The van der Waals surface area contributed by atoms with Crippen LogP contribution in [0.1, 0.15) is 125 Å². The molecule has 95 heavy (non-hydrogen) atoms. The molecule has 2 aromatic carbocycles. The minimum atomic E-state index is -1.12. The Labute approximate surface area is 557 Å². The van der Waals surface area contributed by atoms with Crippen LogP contribution in [0.5, 0.6) is 0 Å². The van der Waals surface area contributed by atoms with Gasteiger partial charge in [0.15, 0.2) is 22.5 Å². The fourth-order valence-corrected chi connectivity index (χ4v) is 17.0. The molecule has 0 radical (unpaired) electrons. The fraction of sp³-hybridized carbons (Fsp3) is 0.507. The highest BCUT2D eigenvalue weighted by Gasteiger charge is 2.66. The van der Waals surface area contributed by atoms with Gasteiger partial charge in [-0.3, -0.25) is 33.6 Å². The first kappa shape index (κ1) is 67.7. The summed E-state index contributed by atoms with van der Waals surface area (Å²) in [7, 11) is 4.37. The van der Waals surface area contributed by atoms with E-state index in [1.807, 2.05) is 79.4 Å². The molecule has 7 amide bonds. The first-order valence-corrected chi connectivity index (χ1v) is 33.6. The number of anilines is 5. The van der Waals surface area contributed by atoms with Crippen molar-refractivity contribution in [3.63, 3.8) is 0 Å². The number of urea groups is 1. The van der Waals surface area contributed by atoms with Gasteiger partial charge in [-0.05, 0) is 137 Å². The molecule has 8 N–H and O–H groups in total. The third-order valence-electron chi connectivity index (χ3n) is 19.4. The van der Waals surface area contributed by atoms with Crippen LogP contribution in [0.2, 0.25) is 0 Å². The van der Waals surface area contributed by atoms with Gasteiger partial charge in [-0.25, -0.2) is 19.6 Å². The molecule has 26 heteroatoms. The van der Waals surface area contributed by atoms with Crippen LogP contribution in [-0.2, 0) is 53.0 Å². The topological polar surface area (TPSA) is 320 Å². The van der Waals surface area contributed by atoms with Crippen molar-refractivity contribution in [2.24, 2.45) is 27.9 Å². The summed E-state index contributed by atoms with van der Waals surface area (Å²) >= 11 is 1.56. The number of hydrogen-bond acceptors (Lipinski definition) is 17. The van der Waals surface area contributed by atoms with Crippen LogP contribution < -0.4 is 37.2 Å². The number of primary amides is 1. The lowest BCUT2D eigenvalue weighted by Crippen LogP contribution is -2.64. The maximum Gasteiger partial charge on any atom is 0.355 e. The average molecular weight is 1320 g/mol. The van der Waals surface area contributed by atoms with E-state index in [-0.39, 0.29) is 72.6 Å². The number of hydrogen-bond donors (Lipinski definition) is 7. The molecule has 504 valence electrons. The van der Waals surface area contributed by atoms with Gasteiger partial charge in [-0.2, -0.15) is 5.10 Å². The first-order valence-electron chi connectivity index (χ1n) is 32.8. The molecule has 4 aliphatic carbocycles. The minimum Gasteiger partial charge on any atom is -0.476 e. The second-order valence-electron chi connectivity index (χ2n) is 28.5. The number of aromatic nitrogens is 6. The quantitative estimate of drug-likeness (QED) is 0.0132. The molecule has 4 bridgehead atoms. The van der Waals surface area contributed by atoms with E-state index in [9.17, 15) is 38.7 Å². The zero-order valence-electron chi connectivity index (χ0n) is 55.5. The van der Waals surface area contributed by atoms with E-state index in [1.54, 1.807) is 31.4 Å². The average Bonchev–Trinajstić information content (AvgIpc) is 0.909. The summed E-state index contributed by atoms with van der Waals surface area (Å²) < 4.78 is 16.5. The lowest BCUT2D eigenvalue weighted by atomic mass is 9.39. The number of para-hydroxylation sites is 1. The van der Waals surface area contributed by atoms with Gasteiger partial charge in [-0.1, -0.05) is 63.3 Å². The molecule has 6 aliphatic rings. The number of ether oxygens (including phenoxy) is 2. The van der Waals surface area contributed by atoms with E-state index in [2.05, 4.69) is 64.3 Å². The van der Waals surface area contributed by atoms with Crippen molar-refractivity contribution in [2.45, 2.75) is 143 Å². The summed E-state index contributed by atoms with van der Waals surface area (Å²) in [4.78, 5) is 102. The largest absolute Gasteiger partial charge is 0.476 e. The predicted molar refractivity (Wildman–Crippen MR) is 360 cm³/mol. The number of rotatable bonds is 29. The van der Waals surface area contributed by atoms with Gasteiger partial charge in [0, 0.05) is 77.4 Å². The maximum absolute atomic E-state index is 13.9. The Morgan fingerprint density at radius 3 is 2.28 bits per heavy atom. The van der Waals surface area contributed by atoms with Crippen molar-refractivity contribution in [2.75, 3.05) is 75.6 Å². The van der Waals surface area contributed by atoms with Gasteiger partial charge in [-0.15, -0.1) is 10.2 Å². The van der Waals surface area contributed by atoms with Crippen molar-refractivity contribution in [3.8, 4) is 11.1 Å². The van der Waals surface area contributed by atoms with Crippen molar-refractivity contribution >= 4 is 91.4 Å². The van der Waals surface area contributed by atoms with E-state index in [1.165, 1.54) is 12.2 Å². The Balaban J connectivity index is 0.696. The molecule has 2 unspecified atom stereocenters. The monoisotopic (exact) mass is 1320 g/mol. The van der Waals surface area contributed by atoms with E-state index in [4.69, 9.17) is 35.4 Å². The summed E-state index contributed by atoms with van der Waals surface area (Å²) in [6.45, 7) is 16.0. The second kappa shape index (κ2) is 27.6. The Morgan fingerprint density at radius 2 is 1.58 bits per heavy atom. The molecule has 6 aromatic rings.